The highest BCUT2D eigenvalue weighted by Crippen LogP contribution is 2.25. The van der Waals surface area contributed by atoms with Gasteiger partial charge in [0.15, 0.2) is 6.04 Å². The second-order valence-electron chi connectivity index (χ2n) is 5.95. The normalized spacial score (nSPS) is 12.0. The summed E-state index contributed by atoms with van der Waals surface area (Å²) in [5.74, 6) is -2.55. The Morgan fingerprint density at radius 3 is 2.12 bits per heavy atom. The van der Waals surface area contributed by atoms with E-state index in [0.29, 0.717) is 5.56 Å². The highest BCUT2D eigenvalue weighted by molar-refractivity contribution is 6.08. The van der Waals surface area contributed by atoms with E-state index in [0.717, 1.165) is 17.0 Å². The monoisotopic (exact) mass is 342 g/mol. The van der Waals surface area contributed by atoms with Gasteiger partial charge in [0, 0.05) is 11.4 Å². The van der Waals surface area contributed by atoms with Crippen LogP contribution in [0, 0.1) is 13.8 Å². The van der Waals surface area contributed by atoms with Crippen LogP contribution in [0.1, 0.15) is 40.3 Å². The van der Waals surface area contributed by atoms with Gasteiger partial charge >= 0.3 is 0 Å². The first-order chi connectivity index (χ1) is 11.7. The van der Waals surface area contributed by atoms with Gasteiger partial charge in [0.25, 0.3) is 5.91 Å². The Kier molecular flexibility index (Phi) is 5.26. The van der Waals surface area contributed by atoms with Crippen molar-refractivity contribution in [1.29, 1.82) is 0 Å². The molecule has 7 heteroatoms. The molecule has 0 spiro atoms. The van der Waals surface area contributed by atoms with Crippen LogP contribution in [-0.4, -0.2) is 28.3 Å². The molecule has 25 heavy (non-hydrogen) atoms. The maximum atomic E-state index is 12.5. The number of nitrogens with two attached hydrogens (primary N) is 2. The van der Waals surface area contributed by atoms with Crippen molar-refractivity contribution >= 4 is 17.7 Å². The van der Waals surface area contributed by atoms with Gasteiger partial charge in [0.1, 0.15) is 0 Å². The van der Waals surface area contributed by atoms with Crippen LogP contribution in [0.15, 0.2) is 36.4 Å². The van der Waals surface area contributed by atoms with E-state index < -0.39 is 23.8 Å². The average Bonchev–Trinajstić information content (AvgIpc) is 2.86. The zero-order valence-electron chi connectivity index (χ0n) is 14.4. The summed E-state index contributed by atoms with van der Waals surface area (Å²) < 4.78 is 2.02. The Balaban J connectivity index is 2.34. The number of hydrogen-bond acceptors (Lipinski definition) is 3. The molecule has 132 valence electrons. The molecule has 2 rings (SSSR count). The molecule has 0 bridgehead atoms. The van der Waals surface area contributed by atoms with Gasteiger partial charge in [0.05, 0.1) is 11.6 Å². The Hall–Kier alpha value is -3.09. The summed E-state index contributed by atoms with van der Waals surface area (Å²) in [5, 5.41) is 2.29. The number of nitrogens with one attached hydrogen (secondary N) is 1. The van der Waals surface area contributed by atoms with Gasteiger partial charge in [-0.25, -0.2) is 0 Å². The first kappa shape index (κ1) is 18.3. The molecule has 1 aromatic heterocycles. The molecule has 3 amide bonds. The molecular formula is C18H22N4O3. The predicted molar refractivity (Wildman–Crippen MR) is 93.8 cm³/mol. The van der Waals surface area contributed by atoms with Crippen LogP contribution in [0.4, 0.5) is 0 Å². The fraction of sp³-hybridized carbons (Fsp3) is 0.278. The van der Waals surface area contributed by atoms with Crippen LogP contribution < -0.4 is 16.8 Å². The molecule has 0 aliphatic heterocycles. The zero-order chi connectivity index (χ0) is 18.7. The number of nitrogens with zero attached hydrogens (tertiary/aromatic N) is 1. The third kappa shape index (κ3) is 3.71. The second-order valence-corrected chi connectivity index (χ2v) is 5.95. The van der Waals surface area contributed by atoms with Gasteiger partial charge in [-0.05, 0) is 32.4 Å². The van der Waals surface area contributed by atoms with Crippen LogP contribution in [0.2, 0.25) is 0 Å². The minimum atomic E-state index is -1.54. The maximum Gasteiger partial charge on any atom is 0.254 e. The molecule has 1 aromatic carbocycles. The van der Waals surface area contributed by atoms with Crippen molar-refractivity contribution in [2.45, 2.75) is 32.9 Å². The molecule has 0 saturated heterocycles. The van der Waals surface area contributed by atoms with Gasteiger partial charge < -0.3 is 21.4 Å². The minimum Gasteiger partial charge on any atom is -0.367 e. The van der Waals surface area contributed by atoms with Crippen LogP contribution in [0.5, 0.6) is 0 Å². The van der Waals surface area contributed by atoms with Crippen LogP contribution in [0.3, 0.4) is 0 Å². The third-order valence-electron chi connectivity index (χ3n) is 4.24. The summed E-state index contributed by atoms with van der Waals surface area (Å²) in [6.07, 6.45) is 0. The summed E-state index contributed by atoms with van der Waals surface area (Å²) in [4.78, 5) is 35.0. The van der Waals surface area contributed by atoms with E-state index >= 15 is 0 Å². The molecular weight excluding hydrogens is 320 g/mol. The molecule has 0 radical (unpaired) electrons. The molecule has 2 aromatic rings. The SMILES string of the molecule is Cc1cc(C(=O)NC(C(N)=O)C(N)=O)c(C)n1[C@@H](C)c1ccccc1. The number of benzene rings is 1. The molecule has 0 unspecified atom stereocenters. The number of amides is 3. The van der Waals surface area contributed by atoms with Crippen LogP contribution in [0.25, 0.3) is 0 Å². The van der Waals surface area contributed by atoms with E-state index in [1.165, 1.54) is 0 Å². The molecule has 0 aliphatic carbocycles. The topological polar surface area (TPSA) is 120 Å². The van der Waals surface area contributed by atoms with Crippen molar-refractivity contribution in [3.63, 3.8) is 0 Å². The van der Waals surface area contributed by atoms with Gasteiger partial charge in [0.2, 0.25) is 11.8 Å². The quantitative estimate of drug-likeness (QED) is 0.673. The number of hydrogen-bond donors (Lipinski definition) is 3. The Morgan fingerprint density at radius 1 is 1.04 bits per heavy atom. The molecule has 0 aliphatic rings. The molecule has 5 N–H and O–H groups in total. The van der Waals surface area contributed by atoms with Crippen molar-refractivity contribution in [3.05, 3.63) is 58.9 Å². The highest BCUT2D eigenvalue weighted by Gasteiger charge is 2.27. The first-order valence-electron chi connectivity index (χ1n) is 7.87. The number of aromatic nitrogens is 1. The summed E-state index contributed by atoms with van der Waals surface area (Å²) in [7, 11) is 0. The van der Waals surface area contributed by atoms with Crippen molar-refractivity contribution < 1.29 is 14.4 Å². The van der Waals surface area contributed by atoms with E-state index in [-0.39, 0.29) is 6.04 Å². The van der Waals surface area contributed by atoms with Gasteiger partial charge in [-0.15, -0.1) is 0 Å². The van der Waals surface area contributed by atoms with Crippen molar-refractivity contribution in [2.75, 3.05) is 0 Å². The third-order valence-corrected chi connectivity index (χ3v) is 4.24. The molecule has 0 fully saturated rings. The Morgan fingerprint density at radius 2 is 1.60 bits per heavy atom. The second kappa shape index (κ2) is 7.21. The van der Waals surface area contributed by atoms with Crippen LogP contribution in [-0.2, 0) is 9.59 Å². The lowest BCUT2D eigenvalue weighted by molar-refractivity contribution is -0.128. The lowest BCUT2D eigenvalue weighted by Gasteiger charge is -2.19. The van der Waals surface area contributed by atoms with E-state index in [1.54, 1.807) is 6.07 Å². The van der Waals surface area contributed by atoms with Gasteiger partial charge in [-0.1, -0.05) is 30.3 Å². The summed E-state index contributed by atoms with van der Waals surface area (Å²) >= 11 is 0. The lowest BCUT2D eigenvalue weighted by Crippen LogP contribution is -2.52. The summed E-state index contributed by atoms with van der Waals surface area (Å²) in [5.41, 5.74) is 13.3. The van der Waals surface area contributed by atoms with E-state index in [4.69, 9.17) is 11.5 Å². The smallest absolute Gasteiger partial charge is 0.254 e. The predicted octanol–water partition coefficient (Wildman–Crippen LogP) is 0.783. The van der Waals surface area contributed by atoms with E-state index in [1.807, 2.05) is 55.7 Å². The maximum absolute atomic E-state index is 12.5. The zero-order valence-corrected chi connectivity index (χ0v) is 14.4. The fourth-order valence-electron chi connectivity index (χ4n) is 2.97. The number of primary amides is 2. The number of rotatable bonds is 6. The van der Waals surface area contributed by atoms with E-state index in [2.05, 4.69) is 5.32 Å². The Bertz CT molecular complexity index is 797. The Labute approximate surface area is 146 Å². The molecule has 7 nitrogen and oxygen atoms in total. The largest absolute Gasteiger partial charge is 0.367 e. The van der Waals surface area contributed by atoms with Crippen molar-refractivity contribution in [2.24, 2.45) is 11.5 Å². The fourth-order valence-corrected chi connectivity index (χ4v) is 2.97. The number of carbonyl (C=O) groups is 3. The van der Waals surface area contributed by atoms with E-state index in [9.17, 15) is 14.4 Å². The molecule has 0 saturated carbocycles. The lowest BCUT2D eigenvalue weighted by atomic mass is 10.1. The minimum absolute atomic E-state index is 0.0193. The summed E-state index contributed by atoms with van der Waals surface area (Å²) in [6, 6.07) is 10.1. The average molecular weight is 342 g/mol. The van der Waals surface area contributed by atoms with Crippen molar-refractivity contribution in [1.82, 2.24) is 9.88 Å². The van der Waals surface area contributed by atoms with Crippen molar-refractivity contribution in [3.8, 4) is 0 Å². The van der Waals surface area contributed by atoms with Crippen LogP contribution >= 0.6 is 0 Å². The molecule has 1 atom stereocenters. The van der Waals surface area contributed by atoms with Gasteiger partial charge in [-0.3, -0.25) is 14.4 Å². The number of carbonyl (C=O) groups excluding carboxylic acids is 3. The van der Waals surface area contributed by atoms with Gasteiger partial charge in [-0.2, -0.15) is 0 Å². The number of aryl methyl sites for hydroxylation is 1. The summed E-state index contributed by atoms with van der Waals surface area (Å²) in [6.45, 7) is 5.74. The standard InChI is InChI=1S/C18H22N4O3/c1-10-9-14(18(25)21-15(16(19)23)17(20)24)12(3)22(10)11(2)13-7-5-4-6-8-13/h4-9,11,15H,1-3H3,(H2,19,23)(H2,20,24)(H,21,25)/t11-/m0/s1. The molecule has 1 heterocycles. The highest BCUT2D eigenvalue weighted by atomic mass is 16.2. The first-order valence-corrected chi connectivity index (χ1v) is 7.87.